The lowest BCUT2D eigenvalue weighted by Crippen LogP contribution is -2.44. The summed E-state index contributed by atoms with van der Waals surface area (Å²) in [6.07, 6.45) is 3.24. The molecule has 1 saturated heterocycles. The maximum Gasteiger partial charge on any atom is 0.157 e. The summed E-state index contributed by atoms with van der Waals surface area (Å²) in [5.41, 5.74) is 0.648. The molecule has 1 fully saturated rings. The Labute approximate surface area is 121 Å². The molecule has 20 heavy (non-hydrogen) atoms. The predicted octanol–water partition coefficient (Wildman–Crippen LogP) is 2.03. The van der Waals surface area contributed by atoms with E-state index in [0.717, 1.165) is 25.0 Å². The quantitative estimate of drug-likeness (QED) is 0.750. The van der Waals surface area contributed by atoms with E-state index in [-0.39, 0.29) is 12.9 Å². The van der Waals surface area contributed by atoms with Gasteiger partial charge in [-0.2, -0.15) is 0 Å². The highest BCUT2D eigenvalue weighted by atomic mass is 16.7. The van der Waals surface area contributed by atoms with Gasteiger partial charge in [-0.3, -0.25) is 0 Å². The zero-order valence-electron chi connectivity index (χ0n) is 12.2. The number of hydrogen-bond donors (Lipinski definition) is 2. The fourth-order valence-electron chi connectivity index (χ4n) is 2.42. The lowest BCUT2D eigenvalue weighted by atomic mass is 9.93. The highest BCUT2D eigenvalue weighted by Gasteiger charge is 2.24. The number of aliphatic hydroxyl groups is 1. The molecule has 1 aliphatic rings. The summed E-state index contributed by atoms with van der Waals surface area (Å²) in [7, 11) is 0. The molecule has 0 saturated carbocycles. The number of nitrogens with one attached hydrogen (secondary N) is 1. The Morgan fingerprint density at radius 2 is 2.15 bits per heavy atom. The second kappa shape index (κ2) is 7.74. The van der Waals surface area contributed by atoms with Crippen LogP contribution in [0.2, 0.25) is 0 Å². The third-order valence-corrected chi connectivity index (χ3v) is 3.79. The fourth-order valence-corrected chi connectivity index (χ4v) is 2.42. The molecule has 2 atom stereocenters. The lowest BCUT2D eigenvalue weighted by molar-refractivity contribution is -0.161. The van der Waals surface area contributed by atoms with Gasteiger partial charge in [-0.1, -0.05) is 30.3 Å². The van der Waals surface area contributed by atoms with Crippen LogP contribution in [0.25, 0.3) is 0 Å². The molecule has 2 rings (SSSR count). The zero-order chi connectivity index (χ0) is 14.3. The van der Waals surface area contributed by atoms with Crippen LogP contribution < -0.4 is 5.32 Å². The Morgan fingerprint density at radius 1 is 1.35 bits per heavy atom. The van der Waals surface area contributed by atoms with Crippen LogP contribution in [0.1, 0.15) is 31.7 Å². The topological polar surface area (TPSA) is 50.7 Å². The summed E-state index contributed by atoms with van der Waals surface area (Å²) >= 11 is 0. The van der Waals surface area contributed by atoms with E-state index < -0.39 is 5.54 Å². The Hall–Kier alpha value is -0.940. The average molecular weight is 279 g/mol. The first-order valence-electron chi connectivity index (χ1n) is 7.39. The molecule has 1 heterocycles. The summed E-state index contributed by atoms with van der Waals surface area (Å²) in [6.45, 7) is 4.13. The Kier molecular flexibility index (Phi) is 5.98. The van der Waals surface area contributed by atoms with Crippen LogP contribution in [0.5, 0.6) is 0 Å². The molecule has 1 aliphatic heterocycles. The van der Waals surface area contributed by atoms with E-state index in [9.17, 15) is 5.11 Å². The molecule has 0 unspecified atom stereocenters. The van der Waals surface area contributed by atoms with Crippen LogP contribution in [0, 0.1) is 0 Å². The third-order valence-electron chi connectivity index (χ3n) is 3.79. The molecule has 0 amide bonds. The molecule has 0 aliphatic carbocycles. The summed E-state index contributed by atoms with van der Waals surface area (Å²) < 4.78 is 11.2. The van der Waals surface area contributed by atoms with Crippen LogP contribution in [-0.2, 0) is 15.0 Å². The summed E-state index contributed by atoms with van der Waals surface area (Å²) in [4.78, 5) is 0. The van der Waals surface area contributed by atoms with Gasteiger partial charge in [0.25, 0.3) is 0 Å². The minimum atomic E-state index is -0.432. The van der Waals surface area contributed by atoms with Crippen molar-refractivity contribution < 1.29 is 14.6 Å². The summed E-state index contributed by atoms with van der Waals surface area (Å²) in [5.74, 6) is 0. The molecule has 4 nitrogen and oxygen atoms in total. The van der Waals surface area contributed by atoms with Crippen LogP contribution in [-0.4, -0.2) is 37.8 Å². The molecule has 1 aromatic carbocycles. The largest absolute Gasteiger partial charge is 0.394 e. The van der Waals surface area contributed by atoms with Gasteiger partial charge in [0, 0.05) is 13.2 Å². The molecule has 0 spiro atoms. The second-order valence-corrected chi connectivity index (χ2v) is 5.45. The van der Waals surface area contributed by atoms with Crippen molar-refractivity contribution in [2.75, 3.05) is 26.4 Å². The molecule has 4 heteroatoms. The van der Waals surface area contributed by atoms with E-state index in [4.69, 9.17) is 9.47 Å². The molecule has 0 aromatic heterocycles. The minimum Gasteiger partial charge on any atom is -0.394 e. The summed E-state index contributed by atoms with van der Waals surface area (Å²) in [5, 5.41) is 13.0. The first-order chi connectivity index (χ1) is 9.74. The predicted molar refractivity (Wildman–Crippen MR) is 78.4 cm³/mol. The number of ether oxygens (including phenoxy) is 2. The van der Waals surface area contributed by atoms with Gasteiger partial charge in [-0.15, -0.1) is 0 Å². The first kappa shape index (κ1) is 15.4. The van der Waals surface area contributed by atoms with Gasteiger partial charge in [0.15, 0.2) is 6.29 Å². The van der Waals surface area contributed by atoms with Gasteiger partial charge in [0.05, 0.1) is 18.8 Å². The highest BCUT2D eigenvalue weighted by molar-refractivity contribution is 5.23. The molecule has 1 aromatic rings. The van der Waals surface area contributed by atoms with E-state index in [1.807, 2.05) is 37.3 Å². The highest BCUT2D eigenvalue weighted by Crippen LogP contribution is 2.19. The van der Waals surface area contributed by atoms with E-state index in [1.54, 1.807) is 0 Å². The maximum atomic E-state index is 9.66. The van der Waals surface area contributed by atoms with Gasteiger partial charge in [0.1, 0.15) is 0 Å². The Balaban J connectivity index is 1.76. The van der Waals surface area contributed by atoms with E-state index >= 15 is 0 Å². The van der Waals surface area contributed by atoms with Gasteiger partial charge < -0.3 is 19.9 Å². The first-order valence-corrected chi connectivity index (χ1v) is 7.39. The van der Waals surface area contributed by atoms with Gasteiger partial charge in [-0.05, 0) is 31.7 Å². The standard InChI is InChI=1S/C16H25NO3/c1-16(13-18,14-7-3-2-4-8-14)17-10-12-20-15-9-5-6-11-19-15/h2-4,7-8,15,17-18H,5-6,9-13H2,1H3/t15-,16-/m0/s1. The van der Waals surface area contributed by atoms with Crippen LogP contribution in [0.3, 0.4) is 0 Å². The molecule has 0 bridgehead atoms. The minimum absolute atomic E-state index is 0.0525. The van der Waals surface area contributed by atoms with Crippen molar-refractivity contribution in [1.29, 1.82) is 0 Å². The van der Waals surface area contributed by atoms with Crippen molar-refractivity contribution in [3.63, 3.8) is 0 Å². The second-order valence-electron chi connectivity index (χ2n) is 5.45. The molecule has 112 valence electrons. The Bertz CT molecular complexity index is 379. The number of aliphatic hydroxyl groups excluding tert-OH is 1. The van der Waals surface area contributed by atoms with Crippen molar-refractivity contribution in [2.45, 2.75) is 38.0 Å². The molecule has 2 N–H and O–H groups in total. The van der Waals surface area contributed by atoms with Crippen LogP contribution >= 0.6 is 0 Å². The monoisotopic (exact) mass is 279 g/mol. The fraction of sp³-hybridized carbons (Fsp3) is 0.625. The normalized spacial score (nSPS) is 22.4. The number of benzene rings is 1. The Morgan fingerprint density at radius 3 is 2.80 bits per heavy atom. The van der Waals surface area contributed by atoms with Crippen molar-refractivity contribution >= 4 is 0 Å². The lowest BCUT2D eigenvalue weighted by Gasteiger charge is -2.30. The summed E-state index contributed by atoms with van der Waals surface area (Å²) in [6, 6.07) is 9.99. The van der Waals surface area contributed by atoms with Gasteiger partial charge in [-0.25, -0.2) is 0 Å². The van der Waals surface area contributed by atoms with Crippen LogP contribution in [0.4, 0.5) is 0 Å². The molecular weight excluding hydrogens is 254 g/mol. The number of rotatable bonds is 7. The maximum absolute atomic E-state index is 9.66. The van der Waals surface area contributed by atoms with Crippen LogP contribution in [0.15, 0.2) is 30.3 Å². The van der Waals surface area contributed by atoms with E-state index in [1.165, 1.54) is 6.42 Å². The SMILES string of the molecule is C[C@@](CO)(NCCO[C@H]1CCCCO1)c1ccccc1. The van der Waals surface area contributed by atoms with E-state index in [2.05, 4.69) is 5.32 Å². The van der Waals surface area contributed by atoms with Crippen molar-refractivity contribution in [3.8, 4) is 0 Å². The average Bonchev–Trinajstić information content (AvgIpc) is 2.53. The van der Waals surface area contributed by atoms with Gasteiger partial charge >= 0.3 is 0 Å². The number of hydrogen-bond acceptors (Lipinski definition) is 4. The van der Waals surface area contributed by atoms with Crippen molar-refractivity contribution in [2.24, 2.45) is 0 Å². The van der Waals surface area contributed by atoms with Crippen molar-refractivity contribution in [3.05, 3.63) is 35.9 Å². The third kappa shape index (κ3) is 4.28. The molecule has 0 radical (unpaired) electrons. The molecular formula is C16H25NO3. The van der Waals surface area contributed by atoms with Crippen molar-refractivity contribution in [1.82, 2.24) is 5.32 Å². The van der Waals surface area contributed by atoms with E-state index in [0.29, 0.717) is 13.2 Å². The smallest absolute Gasteiger partial charge is 0.157 e. The zero-order valence-corrected chi connectivity index (χ0v) is 12.2. The van der Waals surface area contributed by atoms with Gasteiger partial charge in [0.2, 0.25) is 0 Å².